The van der Waals surface area contributed by atoms with Crippen LogP contribution in [0.25, 0.3) is 0 Å². The van der Waals surface area contributed by atoms with Crippen molar-refractivity contribution in [2.24, 2.45) is 0 Å². The van der Waals surface area contributed by atoms with Gasteiger partial charge in [-0.05, 0) is 11.6 Å². The standard InChI is InChI=1S/C6H11ClN2O/c7-6(10)5-9-3-1-8-2-4-9/h8H,1-5H2. The van der Waals surface area contributed by atoms with Crippen LogP contribution in [0.4, 0.5) is 0 Å². The highest BCUT2D eigenvalue weighted by Gasteiger charge is 2.10. The molecule has 3 nitrogen and oxygen atoms in total. The van der Waals surface area contributed by atoms with Crippen LogP contribution in [-0.2, 0) is 4.79 Å². The summed E-state index contributed by atoms with van der Waals surface area (Å²) in [6.07, 6.45) is 0. The van der Waals surface area contributed by atoms with E-state index in [0.29, 0.717) is 6.54 Å². The van der Waals surface area contributed by atoms with Crippen molar-refractivity contribution in [3.8, 4) is 0 Å². The molecular weight excluding hydrogens is 152 g/mol. The van der Waals surface area contributed by atoms with Gasteiger partial charge in [0.1, 0.15) is 0 Å². The second-order valence-corrected chi connectivity index (χ2v) is 2.80. The molecule has 0 saturated carbocycles. The first-order valence-electron chi connectivity index (χ1n) is 3.40. The highest BCUT2D eigenvalue weighted by atomic mass is 35.5. The Balaban J connectivity index is 2.19. The van der Waals surface area contributed by atoms with Crippen molar-refractivity contribution in [2.75, 3.05) is 32.7 Å². The van der Waals surface area contributed by atoms with E-state index in [0.717, 1.165) is 26.2 Å². The van der Waals surface area contributed by atoms with Crippen molar-refractivity contribution < 1.29 is 4.79 Å². The minimum Gasteiger partial charge on any atom is -0.314 e. The molecule has 1 heterocycles. The second-order valence-electron chi connectivity index (χ2n) is 2.38. The van der Waals surface area contributed by atoms with Gasteiger partial charge in [0.2, 0.25) is 5.24 Å². The maximum Gasteiger partial charge on any atom is 0.235 e. The van der Waals surface area contributed by atoms with Crippen LogP contribution in [0.2, 0.25) is 0 Å². The van der Waals surface area contributed by atoms with Crippen LogP contribution in [0, 0.1) is 0 Å². The molecule has 0 unspecified atom stereocenters. The number of hydrogen-bond acceptors (Lipinski definition) is 3. The van der Waals surface area contributed by atoms with E-state index in [4.69, 9.17) is 11.6 Å². The summed E-state index contributed by atoms with van der Waals surface area (Å²) >= 11 is 5.21. The van der Waals surface area contributed by atoms with E-state index in [1.807, 2.05) is 4.90 Å². The van der Waals surface area contributed by atoms with Crippen LogP contribution in [0.15, 0.2) is 0 Å². The lowest BCUT2D eigenvalue weighted by atomic mass is 10.4. The molecule has 1 saturated heterocycles. The van der Waals surface area contributed by atoms with Crippen molar-refractivity contribution in [3.63, 3.8) is 0 Å². The lowest BCUT2D eigenvalue weighted by Gasteiger charge is -2.25. The Morgan fingerprint density at radius 3 is 2.60 bits per heavy atom. The van der Waals surface area contributed by atoms with Crippen LogP contribution in [0.3, 0.4) is 0 Å². The molecule has 0 aromatic carbocycles. The van der Waals surface area contributed by atoms with Gasteiger partial charge in [-0.25, -0.2) is 0 Å². The summed E-state index contributed by atoms with van der Waals surface area (Å²) in [6.45, 7) is 4.18. The van der Waals surface area contributed by atoms with Crippen molar-refractivity contribution >= 4 is 16.8 Å². The number of nitrogens with one attached hydrogen (secondary N) is 1. The summed E-state index contributed by atoms with van der Waals surface area (Å²) in [7, 11) is 0. The van der Waals surface area contributed by atoms with E-state index in [1.54, 1.807) is 0 Å². The normalized spacial score (nSPS) is 20.9. The molecule has 4 heteroatoms. The highest BCUT2D eigenvalue weighted by molar-refractivity contribution is 6.64. The number of nitrogens with zero attached hydrogens (tertiary/aromatic N) is 1. The average molecular weight is 163 g/mol. The van der Waals surface area contributed by atoms with Gasteiger partial charge in [-0.3, -0.25) is 9.69 Å². The third kappa shape index (κ3) is 2.64. The van der Waals surface area contributed by atoms with E-state index in [1.165, 1.54) is 0 Å². The van der Waals surface area contributed by atoms with Gasteiger partial charge in [0.05, 0.1) is 6.54 Å². The molecule has 1 N–H and O–H groups in total. The van der Waals surface area contributed by atoms with Crippen molar-refractivity contribution in [1.29, 1.82) is 0 Å². The molecule has 0 atom stereocenters. The Kier molecular flexibility index (Phi) is 3.12. The molecule has 0 amide bonds. The second kappa shape index (κ2) is 3.91. The topological polar surface area (TPSA) is 32.3 Å². The first kappa shape index (κ1) is 7.98. The molecule has 1 aliphatic heterocycles. The molecular formula is C6H11ClN2O. The minimum absolute atomic E-state index is 0.262. The fourth-order valence-corrected chi connectivity index (χ4v) is 1.21. The number of carbonyl (C=O) groups is 1. The third-order valence-electron chi connectivity index (χ3n) is 1.56. The summed E-state index contributed by atoms with van der Waals surface area (Å²) in [5.74, 6) is 0. The number of carbonyl (C=O) groups excluding carboxylic acids is 1. The molecule has 1 rings (SSSR count). The van der Waals surface area contributed by atoms with E-state index in [9.17, 15) is 4.79 Å². The lowest BCUT2D eigenvalue weighted by molar-refractivity contribution is -0.112. The Morgan fingerprint density at radius 1 is 1.50 bits per heavy atom. The van der Waals surface area contributed by atoms with Crippen molar-refractivity contribution in [2.45, 2.75) is 0 Å². The Morgan fingerprint density at radius 2 is 2.10 bits per heavy atom. The Labute approximate surface area is 65.3 Å². The molecule has 0 aromatic rings. The van der Waals surface area contributed by atoms with Gasteiger partial charge >= 0.3 is 0 Å². The average Bonchev–Trinajstić information content (AvgIpc) is 1.88. The van der Waals surface area contributed by atoms with Crippen molar-refractivity contribution in [3.05, 3.63) is 0 Å². The Hall–Kier alpha value is -0.120. The van der Waals surface area contributed by atoms with Gasteiger partial charge in [-0.2, -0.15) is 0 Å². The summed E-state index contributed by atoms with van der Waals surface area (Å²) in [4.78, 5) is 12.5. The van der Waals surface area contributed by atoms with Crippen LogP contribution < -0.4 is 5.32 Å². The third-order valence-corrected chi connectivity index (χ3v) is 1.68. The molecule has 0 bridgehead atoms. The fraction of sp³-hybridized carbons (Fsp3) is 0.833. The number of hydrogen-bond donors (Lipinski definition) is 1. The van der Waals surface area contributed by atoms with Crippen LogP contribution in [0.1, 0.15) is 0 Å². The molecule has 0 radical (unpaired) electrons. The predicted molar refractivity (Wildman–Crippen MR) is 40.2 cm³/mol. The molecule has 10 heavy (non-hydrogen) atoms. The summed E-state index contributed by atoms with van der Waals surface area (Å²) in [5.41, 5.74) is 0. The van der Waals surface area contributed by atoms with Crippen molar-refractivity contribution in [1.82, 2.24) is 10.2 Å². The largest absolute Gasteiger partial charge is 0.314 e. The van der Waals surface area contributed by atoms with Gasteiger partial charge in [0.15, 0.2) is 0 Å². The lowest BCUT2D eigenvalue weighted by Crippen LogP contribution is -2.44. The van der Waals surface area contributed by atoms with Gasteiger partial charge in [-0.15, -0.1) is 0 Å². The first-order valence-corrected chi connectivity index (χ1v) is 3.78. The molecule has 0 aliphatic carbocycles. The van der Waals surface area contributed by atoms with E-state index in [2.05, 4.69) is 5.32 Å². The summed E-state index contributed by atoms with van der Waals surface area (Å²) in [6, 6.07) is 0. The van der Waals surface area contributed by atoms with Gasteiger partial charge in [0.25, 0.3) is 0 Å². The monoisotopic (exact) mass is 162 g/mol. The molecule has 1 aliphatic rings. The fourth-order valence-electron chi connectivity index (χ4n) is 1.05. The molecule has 58 valence electrons. The Bertz CT molecular complexity index is 123. The smallest absolute Gasteiger partial charge is 0.235 e. The zero-order chi connectivity index (χ0) is 7.40. The summed E-state index contributed by atoms with van der Waals surface area (Å²) < 4.78 is 0. The molecule has 0 spiro atoms. The first-order chi connectivity index (χ1) is 4.79. The summed E-state index contributed by atoms with van der Waals surface area (Å²) in [5, 5.41) is 2.93. The molecule has 0 aromatic heterocycles. The number of halogens is 1. The van der Waals surface area contributed by atoms with E-state index >= 15 is 0 Å². The molecule has 1 fully saturated rings. The maximum absolute atomic E-state index is 10.4. The number of rotatable bonds is 2. The maximum atomic E-state index is 10.4. The van der Waals surface area contributed by atoms with Crippen LogP contribution >= 0.6 is 11.6 Å². The zero-order valence-corrected chi connectivity index (χ0v) is 6.52. The van der Waals surface area contributed by atoms with E-state index in [-0.39, 0.29) is 5.24 Å². The predicted octanol–water partition coefficient (Wildman–Crippen LogP) is -0.343. The van der Waals surface area contributed by atoms with E-state index < -0.39 is 0 Å². The van der Waals surface area contributed by atoms with Gasteiger partial charge < -0.3 is 5.32 Å². The zero-order valence-electron chi connectivity index (χ0n) is 5.77. The number of piperazine rings is 1. The van der Waals surface area contributed by atoms with Crippen LogP contribution in [0.5, 0.6) is 0 Å². The quantitative estimate of drug-likeness (QED) is 0.564. The minimum atomic E-state index is -0.262. The highest BCUT2D eigenvalue weighted by Crippen LogP contribution is 1.93. The van der Waals surface area contributed by atoms with Crippen LogP contribution in [-0.4, -0.2) is 42.9 Å². The SMILES string of the molecule is O=C(Cl)CN1CCNCC1. The van der Waals surface area contributed by atoms with Gasteiger partial charge in [0, 0.05) is 26.2 Å². The van der Waals surface area contributed by atoms with Gasteiger partial charge in [-0.1, -0.05) is 0 Å².